The second-order valence-electron chi connectivity index (χ2n) is 4.64. The van der Waals surface area contributed by atoms with E-state index in [0.717, 1.165) is 24.9 Å². The predicted molar refractivity (Wildman–Crippen MR) is 69.3 cm³/mol. The van der Waals surface area contributed by atoms with Gasteiger partial charge in [-0.25, -0.2) is 0 Å². The van der Waals surface area contributed by atoms with Gasteiger partial charge in [0.05, 0.1) is 10.6 Å². The van der Waals surface area contributed by atoms with Crippen molar-refractivity contribution in [2.24, 2.45) is 5.73 Å². The number of hydrogen-bond acceptors (Lipinski definition) is 2. The van der Waals surface area contributed by atoms with Crippen LogP contribution in [-0.4, -0.2) is 29.9 Å². The van der Waals surface area contributed by atoms with Gasteiger partial charge in [-0.2, -0.15) is 0 Å². The molecule has 1 aromatic rings. The van der Waals surface area contributed by atoms with Crippen molar-refractivity contribution in [3.8, 4) is 0 Å². The lowest BCUT2D eigenvalue weighted by atomic mass is 10.0. The molecule has 1 aromatic carbocycles. The number of rotatable bonds is 1. The molecule has 1 aliphatic heterocycles. The molecular weight excluding hydrogens is 236 g/mol. The first-order chi connectivity index (χ1) is 8.08. The predicted octanol–water partition coefficient (Wildman–Crippen LogP) is 2.21. The van der Waals surface area contributed by atoms with Gasteiger partial charge in [0.2, 0.25) is 0 Å². The molecule has 1 heterocycles. The Morgan fingerprint density at radius 1 is 1.53 bits per heavy atom. The van der Waals surface area contributed by atoms with E-state index >= 15 is 0 Å². The van der Waals surface area contributed by atoms with Crippen LogP contribution in [0.4, 0.5) is 0 Å². The molecule has 0 radical (unpaired) electrons. The number of halogens is 1. The fourth-order valence-corrected chi connectivity index (χ4v) is 2.47. The van der Waals surface area contributed by atoms with Crippen molar-refractivity contribution in [3.05, 3.63) is 34.3 Å². The van der Waals surface area contributed by atoms with Crippen LogP contribution in [0.15, 0.2) is 18.2 Å². The number of nitrogens with two attached hydrogens (primary N) is 1. The Bertz CT molecular complexity index is 433. The molecule has 0 unspecified atom stereocenters. The van der Waals surface area contributed by atoms with Gasteiger partial charge in [0.1, 0.15) is 0 Å². The minimum atomic E-state index is -0.00912. The highest BCUT2D eigenvalue weighted by atomic mass is 35.5. The molecule has 17 heavy (non-hydrogen) atoms. The summed E-state index contributed by atoms with van der Waals surface area (Å²) in [6.07, 6.45) is 1.96. The van der Waals surface area contributed by atoms with Crippen LogP contribution in [0.25, 0.3) is 0 Å². The van der Waals surface area contributed by atoms with Gasteiger partial charge in [-0.05, 0) is 37.5 Å². The van der Waals surface area contributed by atoms with Crippen LogP contribution in [0.3, 0.4) is 0 Å². The maximum Gasteiger partial charge on any atom is 0.255 e. The third-order valence-corrected chi connectivity index (χ3v) is 3.41. The van der Waals surface area contributed by atoms with E-state index in [9.17, 15) is 4.79 Å². The van der Waals surface area contributed by atoms with Crippen molar-refractivity contribution >= 4 is 17.5 Å². The minimum absolute atomic E-state index is 0.00912. The first-order valence-corrected chi connectivity index (χ1v) is 6.26. The van der Waals surface area contributed by atoms with Gasteiger partial charge < -0.3 is 10.6 Å². The third kappa shape index (κ3) is 2.79. The zero-order chi connectivity index (χ0) is 12.4. The second kappa shape index (κ2) is 5.07. The maximum absolute atomic E-state index is 12.3. The van der Waals surface area contributed by atoms with E-state index in [2.05, 4.69) is 0 Å². The molecule has 0 aliphatic carbocycles. The molecular formula is C13H17ClN2O. The van der Waals surface area contributed by atoms with Crippen LogP contribution in [0.5, 0.6) is 0 Å². The molecule has 2 N–H and O–H groups in total. The monoisotopic (exact) mass is 252 g/mol. The van der Waals surface area contributed by atoms with Crippen LogP contribution in [0, 0.1) is 6.92 Å². The third-order valence-electron chi connectivity index (χ3n) is 3.10. The molecule has 0 bridgehead atoms. The molecule has 2 rings (SSSR count). The SMILES string of the molecule is Cc1ccc(C(=O)N2CCC[C@@H](N)C2)c(Cl)c1. The molecule has 92 valence electrons. The van der Waals surface area contributed by atoms with E-state index in [-0.39, 0.29) is 11.9 Å². The van der Waals surface area contributed by atoms with Crippen molar-refractivity contribution < 1.29 is 4.79 Å². The van der Waals surface area contributed by atoms with Gasteiger partial charge in [0.15, 0.2) is 0 Å². The van der Waals surface area contributed by atoms with Crippen molar-refractivity contribution in [2.45, 2.75) is 25.8 Å². The van der Waals surface area contributed by atoms with Gasteiger partial charge in [-0.15, -0.1) is 0 Å². The quantitative estimate of drug-likeness (QED) is 0.833. The van der Waals surface area contributed by atoms with Crippen LogP contribution in [0.2, 0.25) is 5.02 Å². The van der Waals surface area contributed by atoms with Crippen LogP contribution < -0.4 is 5.73 Å². The zero-order valence-corrected chi connectivity index (χ0v) is 10.7. The van der Waals surface area contributed by atoms with Gasteiger partial charge in [0.25, 0.3) is 5.91 Å². The Morgan fingerprint density at radius 3 is 2.94 bits per heavy atom. The van der Waals surface area contributed by atoms with Crippen molar-refractivity contribution in [3.63, 3.8) is 0 Å². The number of carbonyl (C=O) groups is 1. The van der Waals surface area contributed by atoms with Gasteiger partial charge in [0, 0.05) is 19.1 Å². The molecule has 1 saturated heterocycles. The molecule has 1 amide bonds. The molecule has 0 aromatic heterocycles. The van der Waals surface area contributed by atoms with Gasteiger partial charge in [-0.3, -0.25) is 4.79 Å². The van der Waals surface area contributed by atoms with E-state index in [4.69, 9.17) is 17.3 Å². The molecule has 1 aliphatic rings. The van der Waals surface area contributed by atoms with Crippen molar-refractivity contribution in [2.75, 3.05) is 13.1 Å². The highest BCUT2D eigenvalue weighted by Gasteiger charge is 2.23. The number of amides is 1. The second-order valence-corrected chi connectivity index (χ2v) is 5.04. The lowest BCUT2D eigenvalue weighted by Crippen LogP contribution is -2.45. The Balaban J connectivity index is 2.18. The summed E-state index contributed by atoms with van der Waals surface area (Å²) in [6.45, 7) is 3.36. The Morgan fingerprint density at radius 2 is 2.29 bits per heavy atom. The molecule has 3 nitrogen and oxygen atoms in total. The number of benzene rings is 1. The average Bonchev–Trinajstić information content (AvgIpc) is 2.28. The summed E-state index contributed by atoms with van der Waals surface area (Å²) < 4.78 is 0. The summed E-state index contributed by atoms with van der Waals surface area (Å²) in [6, 6.07) is 5.61. The minimum Gasteiger partial charge on any atom is -0.337 e. The first-order valence-electron chi connectivity index (χ1n) is 5.89. The number of piperidine rings is 1. The van der Waals surface area contributed by atoms with Crippen LogP contribution in [0.1, 0.15) is 28.8 Å². The summed E-state index contributed by atoms with van der Waals surface area (Å²) in [5.74, 6) is -0.00912. The fourth-order valence-electron chi connectivity index (χ4n) is 2.16. The van der Waals surface area contributed by atoms with E-state index in [0.29, 0.717) is 17.1 Å². The Kier molecular flexibility index (Phi) is 3.69. The lowest BCUT2D eigenvalue weighted by molar-refractivity contribution is 0.0709. The van der Waals surface area contributed by atoms with E-state index < -0.39 is 0 Å². The summed E-state index contributed by atoms with van der Waals surface area (Å²) in [4.78, 5) is 14.1. The standard InChI is InChI=1S/C13H17ClN2O/c1-9-4-5-11(12(14)7-9)13(17)16-6-2-3-10(15)8-16/h4-5,7,10H,2-3,6,8,15H2,1H3/t10-/m1/s1. The molecule has 0 spiro atoms. The Hall–Kier alpha value is -1.06. The normalized spacial score (nSPS) is 20.4. The molecule has 4 heteroatoms. The van der Waals surface area contributed by atoms with E-state index in [1.807, 2.05) is 19.1 Å². The summed E-state index contributed by atoms with van der Waals surface area (Å²) >= 11 is 6.10. The van der Waals surface area contributed by atoms with Crippen molar-refractivity contribution in [1.29, 1.82) is 0 Å². The van der Waals surface area contributed by atoms with Crippen molar-refractivity contribution in [1.82, 2.24) is 4.90 Å². The summed E-state index contributed by atoms with van der Waals surface area (Å²) in [5.41, 5.74) is 7.51. The highest BCUT2D eigenvalue weighted by molar-refractivity contribution is 6.33. The molecule has 0 saturated carbocycles. The van der Waals surface area contributed by atoms with Gasteiger partial charge >= 0.3 is 0 Å². The molecule has 1 atom stereocenters. The summed E-state index contributed by atoms with van der Waals surface area (Å²) in [7, 11) is 0. The smallest absolute Gasteiger partial charge is 0.255 e. The number of aryl methyl sites for hydroxylation is 1. The topological polar surface area (TPSA) is 46.3 Å². The largest absolute Gasteiger partial charge is 0.337 e. The fraction of sp³-hybridized carbons (Fsp3) is 0.462. The van der Waals surface area contributed by atoms with E-state index in [1.165, 1.54) is 0 Å². The highest BCUT2D eigenvalue weighted by Crippen LogP contribution is 2.21. The number of nitrogens with zero attached hydrogens (tertiary/aromatic N) is 1. The van der Waals surface area contributed by atoms with Gasteiger partial charge in [-0.1, -0.05) is 17.7 Å². The summed E-state index contributed by atoms with van der Waals surface area (Å²) in [5, 5.41) is 0.522. The first kappa shape index (κ1) is 12.4. The van der Waals surface area contributed by atoms with E-state index in [1.54, 1.807) is 11.0 Å². The number of carbonyl (C=O) groups excluding carboxylic acids is 1. The van der Waals surface area contributed by atoms with Crippen LogP contribution >= 0.6 is 11.6 Å². The van der Waals surface area contributed by atoms with Crippen LogP contribution in [-0.2, 0) is 0 Å². The Labute approximate surface area is 107 Å². The maximum atomic E-state index is 12.3. The molecule has 1 fully saturated rings. The number of hydrogen-bond donors (Lipinski definition) is 1. The lowest BCUT2D eigenvalue weighted by Gasteiger charge is -2.31. The average molecular weight is 253 g/mol. The zero-order valence-electron chi connectivity index (χ0n) is 9.95. The number of likely N-dealkylation sites (tertiary alicyclic amines) is 1.